The minimum atomic E-state index is -0.574. The third kappa shape index (κ3) is 7.03. The molecule has 2 amide bonds. The number of likely N-dealkylation sites (tertiary alicyclic amines) is 1. The summed E-state index contributed by atoms with van der Waals surface area (Å²) >= 11 is 0. The number of piperidine rings is 1. The molecule has 0 aliphatic carbocycles. The first-order valence-corrected chi connectivity index (χ1v) is 12.3. The number of non-ortho nitro benzene ring substituents is 1. The van der Waals surface area contributed by atoms with Gasteiger partial charge in [0.1, 0.15) is 5.60 Å². The Morgan fingerprint density at radius 2 is 1.86 bits per heavy atom. The average Bonchev–Trinajstić information content (AvgIpc) is 3.28. The highest BCUT2D eigenvalue weighted by molar-refractivity contribution is 5.95. The van der Waals surface area contributed by atoms with E-state index in [1.165, 1.54) is 18.3 Å². The van der Waals surface area contributed by atoms with E-state index >= 15 is 0 Å². The van der Waals surface area contributed by atoms with Crippen LogP contribution in [0.2, 0.25) is 0 Å². The van der Waals surface area contributed by atoms with E-state index < -0.39 is 10.5 Å². The number of nitrogens with zero attached hydrogens (tertiary/aromatic N) is 4. The van der Waals surface area contributed by atoms with Crippen molar-refractivity contribution in [3.8, 4) is 5.69 Å². The summed E-state index contributed by atoms with van der Waals surface area (Å²) in [4.78, 5) is 37.9. The van der Waals surface area contributed by atoms with Gasteiger partial charge in [-0.3, -0.25) is 14.9 Å². The number of aromatic nitrogens is 2. The number of rotatable bonds is 9. The fourth-order valence-corrected chi connectivity index (χ4v) is 4.12. The van der Waals surface area contributed by atoms with Crippen LogP contribution >= 0.6 is 0 Å². The SMILES string of the molecule is CCOCCCNC(=O)c1cnn(-c2ccc([N+](=O)[O-])cc2)c1C1CCN(C(=O)OC(C)(C)C)CC1. The molecule has 1 aromatic carbocycles. The number of amides is 2. The van der Waals surface area contributed by atoms with Crippen LogP contribution in [0.25, 0.3) is 5.69 Å². The molecule has 3 rings (SSSR count). The van der Waals surface area contributed by atoms with Gasteiger partial charge in [0.2, 0.25) is 0 Å². The Bertz CT molecular complexity index is 1050. The Morgan fingerprint density at radius 1 is 1.19 bits per heavy atom. The van der Waals surface area contributed by atoms with Crippen molar-refractivity contribution in [2.75, 3.05) is 32.8 Å². The zero-order valence-electron chi connectivity index (χ0n) is 21.4. The lowest BCUT2D eigenvalue weighted by Gasteiger charge is -2.34. The number of hydrogen-bond acceptors (Lipinski definition) is 7. The van der Waals surface area contributed by atoms with Crippen LogP contribution in [-0.4, -0.2) is 70.1 Å². The van der Waals surface area contributed by atoms with E-state index in [4.69, 9.17) is 9.47 Å². The van der Waals surface area contributed by atoms with E-state index in [9.17, 15) is 19.7 Å². The van der Waals surface area contributed by atoms with Crippen LogP contribution in [0.4, 0.5) is 10.5 Å². The Morgan fingerprint density at radius 3 is 2.44 bits per heavy atom. The van der Waals surface area contributed by atoms with Gasteiger partial charge in [-0.2, -0.15) is 5.10 Å². The van der Waals surface area contributed by atoms with Crippen molar-refractivity contribution < 1.29 is 24.0 Å². The van der Waals surface area contributed by atoms with Gasteiger partial charge < -0.3 is 19.7 Å². The molecule has 1 aliphatic heterocycles. The van der Waals surface area contributed by atoms with Crippen molar-refractivity contribution in [2.45, 2.75) is 58.5 Å². The molecule has 1 saturated heterocycles. The number of nitrogens with one attached hydrogen (secondary N) is 1. The van der Waals surface area contributed by atoms with Gasteiger partial charge >= 0.3 is 6.09 Å². The summed E-state index contributed by atoms with van der Waals surface area (Å²) in [6, 6.07) is 6.07. The van der Waals surface area contributed by atoms with Gasteiger partial charge in [0, 0.05) is 50.9 Å². The van der Waals surface area contributed by atoms with Gasteiger partial charge in [-0.1, -0.05) is 0 Å². The van der Waals surface area contributed by atoms with Gasteiger partial charge in [0.15, 0.2) is 0 Å². The number of hydrogen-bond donors (Lipinski definition) is 1. The van der Waals surface area contributed by atoms with Crippen molar-refractivity contribution in [1.29, 1.82) is 0 Å². The van der Waals surface area contributed by atoms with Crippen LogP contribution in [0.15, 0.2) is 30.5 Å². The molecule has 0 radical (unpaired) electrons. The molecule has 1 N–H and O–H groups in total. The maximum Gasteiger partial charge on any atom is 0.410 e. The molecule has 2 heterocycles. The monoisotopic (exact) mass is 501 g/mol. The topological polar surface area (TPSA) is 129 Å². The zero-order valence-corrected chi connectivity index (χ0v) is 21.4. The van der Waals surface area contributed by atoms with Crippen LogP contribution in [-0.2, 0) is 9.47 Å². The van der Waals surface area contributed by atoms with Crippen molar-refractivity contribution in [3.63, 3.8) is 0 Å². The fraction of sp³-hybridized carbons (Fsp3) is 0.560. The third-order valence-electron chi connectivity index (χ3n) is 5.84. The molecule has 196 valence electrons. The maximum atomic E-state index is 13.1. The summed E-state index contributed by atoms with van der Waals surface area (Å²) in [7, 11) is 0. The smallest absolute Gasteiger partial charge is 0.410 e. The molecule has 1 aliphatic rings. The minimum Gasteiger partial charge on any atom is -0.444 e. The Balaban J connectivity index is 1.82. The number of nitro benzene ring substituents is 1. The maximum absolute atomic E-state index is 13.1. The van der Waals surface area contributed by atoms with Crippen LogP contribution in [0.5, 0.6) is 0 Å². The van der Waals surface area contributed by atoms with E-state index in [1.807, 2.05) is 27.7 Å². The second kappa shape index (κ2) is 12.0. The van der Waals surface area contributed by atoms with E-state index in [0.717, 1.165) is 5.69 Å². The molecule has 0 bridgehead atoms. The fourth-order valence-electron chi connectivity index (χ4n) is 4.12. The lowest BCUT2D eigenvalue weighted by atomic mass is 9.91. The highest BCUT2D eigenvalue weighted by atomic mass is 16.6. The van der Waals surface area contributed by atoms with Crippen molar-refractivity contribution in [3.05, 3.63) is 51.8 Å². The molecular formula is C25H35N5O6. The van der Waals surface area contributed by atoms with E-state index in [-0.39, 0.29) is 23.6 Å². The molecule has 36 heavy (non-hydrogen) atoms. The van der Waals surface area contributed by atoms with Gasteiger partial charge in [0.05, 0.1) is 28.1 Å². The second-order valence-corrected chi connectivity index (χ2v) is 9.68. The van der Waals surface area contributed by atoms with Gasteiger partial charge in [0.25, 0.3) is 11.6 Å². The molecule has 11 heteroatoms. The normalized spacial score (nSPS) is 14.5. The average molecular weight is 502 g/mol. The summed E-state index contributed by atoms with van der Waals surface area (Å²) in [6.07, 6.45) is 3.14. The van der Waals surface area contributed by atoms with Crippen molar-refractivity contribution >= 4 is 17.7 Å². The Labute approximate surface area is 210 Å². The zero-order chi connectivity index (χ0) is 26.3. The van der Waals surface area contributed by atoms with Crippen LogP contribution in [0, 0.1) is 10.1 Å². The first kappa shape index (κ1) is 27.1. The van der Waals surface area contributed by atoms with Crippen LogP contribution in [0.1, 0.15) is 68.9 Å². The predicted molar refractivity (Wildman–Crippen MR) is 133 cm³/mol. The van der Waals surface area contributed by atoms with Gasteiger partial charge in [-0.05, 0) is 59.1 Å². The summed E-state index contributed by atoms with van der Waals surface area (Å²) in [5, 5.41) is 18.5. The van der Waals surface area contributed by atoms with Crippen molar-refractivity contribution in [2.24, 2.45) is 0 Å². The molecule has 11 nitrogen and oxygen atoms in total. The lowest BCUT2D eigenvalue weighted by Crippen LogP contribution is -2.41. The number of nitro groups is 1. The quantitative estimate of drug-likeness (QED) is 0.312. The lowest BCUT2D eigenvalue weighted by molar-refractivity contribution is -0.384. The van der Waals surface area contributed by atoms with Gasteiger partial charge in [-0.25, -0.2) is 9.48 Å². The molecule has 1 aromatic heterocycles. The van der Waals surface area contributed by atoms with Crippen LogP contribution in [0.3, 0.4) is 0 Å². The first-order chi connectivity index (χ1) is 17.1. The van der Waals surface area contributed by atoms with Crippen molar-refractivity contribution in [1.82, 2.24) is 20.0 Å². The molecule has 0 atom stereocenters. The molecular weight excluding hydrogens is 466 g/mol. The first-order valence-electron chi connectivity index (χ1n) is 12.3. The Hall–Kier alpha value is -3.47. The summed E-state index contributed by atoms with van der Waals surface area (Å²) in [6.45, 7) is 10.1. The largest absolute Gasteiger partial charge is 0.444 e. The van der Waals surface area contributed by atoms with E-state index in [2.05, 4.69) is 10.4 Å². The summed E-state index contributed by atoms with van der Waals surface area (Å²) in [5.41, 5.74) is 1.22. The molecule has 0 saturated carbocycles. The number of benzene rings is 1. The number of ether oxygens (including phenoxy) is 2. The third-order valence-corrected chi connectivity index (χ3v) is 5.84. The summed E-state index contributed by atoms with van der Waals surface area (Å²) in [5.74, 6) is -0.269. The molecule has 1 fully saturated rings. The summed E-state index contributed by atoms with van der Waals surface area (Å²) < 4.78 is 12.5. The number of carbonyl (C=O) groups is 2. The van der Waals surface area contributed by atoms with Gasteiger partial charge in [-0.15, -0.1) is 0 Å². The molecule has 2 aromatic rings. The standard InChI is InChI=1S/C25H35N5O6/c1-5-35-16-6-13-26-23(31)21-17-27-29(19-7-9-20(10-8-19)30(33)34)22(21)18-11-14-28(15-12-18)24(32)36-25(2,3)4/h7-10,17-18H,5-6,11-16H2,1-4H3,(H,26,31). The minimum absolute atomic E-state index is 0.0228. The van der Waals surface area contributed by atoms with Crippen LogP contribution < -0.4 is 5.32 Å². The highest BCUT2D eigenvalue weighted by Gasteiger charge is 2.32. The van der Waals surface area contributed by atoms with E-state index in [1.54, 1.807) is 21.7 Å². The second-order valence-electron chi connectivity index (χ2n) is 9.68. The predicted octanol–water partition coefficient (Wildman–Crippen LogP) is 4.05. The molecule has 0 spiro atoms. The highest BCUT2D eigenvalue weighted by Crippen LogP contribution is 2.33. The Kier molecular flexibility index (Phi) is 9.03. The number of carbonyl (C=O) groups excluding carboxylic acids is 2. The van der Waals surface area contributed by atoms with E-state index in [0.29, 0.717) is 63.4 Å². The molecule has 0 unspecified atom stereocenters.